The molecule has 0 saturated heterocycles. The molecule has 0 spiro atoms. The average molecular weight is 363 g/mol. The smallest absolute Gasteiger partial charge is 0.131 e. The van der Waals surface area contributed by atoms with Crippen molar-refractivity contribution in [2.75, 3.05) is 0 Å². The van der Waals surface area contributed by atoms with Gasteiger partial charge in [0, 0.05) is 15.9 Å². The van der Waals surface area contributed by atoms with E-state index in [9.17, 15) is 0 Å². The lowest BCUT2D eigenvalue weighted by atomic mass is 10.2. The molecule has 0 radical (unpaired) electrons. The van der Waals surface area contributed by atoms with E-state index in [0.717, 1.165) is 32.4 Å². The van der Waals surface area contributed by atoms with Gasteiger partial charge in [0.25, 0.3) is 0 Å². The van der Waals surface area contributed by atoms with Gasteiger partial charge in [0.2, 0.25) is 0 Å². The molecule has 0 N–H and O–H groups in total. The van der Waals surface area contributed by atoms with Crippen molar-refractivity contribution >= 4 is 38.4 Å². The Balaban J connectivity index is 1.92. The highest BCUT2D eigenvalue weighted by molar-refractivity contribution is 9.10. The molecule has 0 saturated carbocycles. The summed E-state index contributed by atoms with van der Waals surface area (Å²) in [4.78, 5) is 4.50. The van der Waals surface area contributed by atoms with Crippen molar-refractivity contribution in [3.05, 3.63) is 70.3 Å². The number of nitrogens with zero attached hydrogens (tertiary/aromatic N) is 1. The van der Waals surface area contributed by atoms with E-state index < -0.39 is 0 Å². The highest BCUT2D eigenvalue weighted by Crippen LogP contribution is 2.27. The second kappa shape index (κ2) is 6.46. The molecule has 1 heterocycles. The molecule has 0 fully saturated rings. The summed E-state index contributed by atoms with van der Waals surface area (Å²) in [6.45, 7) is 0.509. The predicted molar refractivity (Wildman–Crippen MR) is 89.8 cm³/mol. The van der Waals surface area contributed by atoms with Crippen molar-refractivity contribution in [3.8, 4) is 5.75 Å². The normalized spacial score (nSPS) is 10.8. The second-order valence-electron chi connectivity index (χ2n) is 4.68. The van der Waals surface area contributed by atoms with E-state index in [1.54, 1.807) is 0 Å². The van der Waals surface area contributed by atoms with Crippen LogP contribution < -0.4 is 4.74 Å². The number of hydrogen-bond acceptors (Lipinski definition) is 2. The number of ether oxygens (including phenoxy) is 1. The van der Waals surface area contributed by atoms with Gasteiger partial charge >= 0.3 is 0 Å². The quantitative estimate of drug-likeness (QED) is 0.586. The van der Waals surface area contributed by atoms with Crippen molar-refractivity contribution in [2.45, 2.75) is 12.5 Å². The second-order valence-corrected chi connectivity index (χ2v) is 5.86. The number of hydrogen-bond donors (Lipinski definition) is 0. The number of aromatic nitrogens is 1. The van der Waals surface area contributed by atoms with Gasteiger partial charge < -0.3 is 4.74 Å². The fourth-order valence-corrected chi connectivity index (χ4v) is 2.75. The van der Waals surface area contributed by atoms with Crippen LogP contribution in [-0.4, -0.2) is 4.98 Å². The maximum absolute atomic E-state index is 5.98. The zero-order chi connectivity index (χ0) is 14.7. The summed E-state index contributed by atoms with van der Waals surface area (Å²) in [5.41, 5.74) is 2.83. The Morgan fingerprint density at radius 1 is 1.05 bits per heavy atom. The lowest BCUT2D eigenvalue weighted by molar-refractivity contribution is 0.309. The van der Waals surface area contributed by atoms with Crippen LogP contribution in [0.2, 0.25) is 0 Å². The van der Waals surface area contributed by atoms with Gasteiger partial charge in [0.1, 0.15) is 12.4 Å². The van der Waals surface area contributed by atoms with E-state index in [2.05, 4.69) is 20.9 Å². The zero-order valence-electron chi connectivity index (χ0n) is 11.2. The molecule has 0 aliphatic rings. The van der Waals surface area contributed by atoms with Crippen molar-refractivity contribution in [2.24, 2.45) is 0 Å². The molecular weight excluding hydrogens is 350 g/mol. The molecule has 2 nitrogen and oxygen atoms in total. The zero-order valence-corrected chi connectivity index (χ0v) is 13.6. The maximum Gasteiger partial charge on any atom is 0.131 e. The van der Waals surface area contributed by atoms with Crippen LogP contribution in [0.5, 0.6) is 5.75 Å². The van der Waals surface area contributed by atoms with Crippen LogP contribution >= 0.6 is 27.5 Å². The predicted octanol–water partition coefficient (Wildman–Crippen LogP) is 5.32. The van der Waals surface area contributed by atoms with E-state index in [0.29, 0.717) is 12.5 Å². The van der Waals surface area contributed by atoms with E-state index in [-0.39, 0.29) is 0 Å². The topological polar surface area (TPSA) is 22.1 Å². The van der Waals surface area contributed by atoms with Crippen LogP contribution in [0.1, 0.15) is 11.3 Å². The SMILES string of the molecule is ClCc1cc(OCc2cccc(Br)c2)c2ccccc2n1. The van der Waals surface area contributed by atoms with Crippen LogP contribution in [-0.2, 0) is 12.5 Å². The van der Waals surface area contributed by atoms with E-state index in [1.165, 1.54) is 0 Å². The fraction of sp³-hybridized carbons (Fsp3) is 0.118. The summed E-state index contributed by atoms with van der Waals surface area (Å²) < 4.78 is 7.03. The maximum atomic E-state index is 5.98. The fourth-order valence-electron chi connectivity index (χ4n) is 2.17. The Hall–Kier alpha value is -1.58. The number of halogens is 2. The van der Waals surface area contributed by atoms with Crippen molar-refractivity contribution in [1.82, 2.24) is 4.98 Å². The molecule has 3 rings (SSSR count). The lowest BCUT2D eigenvalue weighted by Gasteiger charge is -2.11. The first-order chi connectivity index (χ1) is 10.3. The number of alkyl halides is 1. The molecule has 0 amide bonds. The number of rotatable bonds is 4. The summed E-state index contributed by atoms with van der Waals surface area (Å²) in [5, 5.41) is 1.00. The number of benzene rings is 2. The highest BCUT2D eigenvalue weighted by Gasteiger charge is 2.06. The first kappa shape index (κ1) is 14.4. The molecule has 106 valence electrons. The molecule has 0 aliphatic carbocycles. The van der Waals surface area contributed by atoms with E-state index in [4.69, 9.17) is 16.3 Å². The summed E-state index contributed by atoms with van der Waals surface area (Å²) >= 11 is 9.38. The van der Waals surface area contributed by atoms with Crippen molar-refractivity contribution < 1.29 is 4.74 Å². The molecular formula is C17H13BrClNO. The average Bonchev–Trinajstić information content (AvgIpc) is 2.52. The number of para-hydroxylation sites is 1. The van der Waals surface area contributed by atoms with Crippen LogP contribution in [0.4, 0.5) is 0 Å². The first-order valence-corrected chi connectivity index (χ1v) is 7.91. The van der Waals surface area contributed by atoms with Gasteiger partial charge in [0.15, 0.2) is 0 Å². The van der Waals surface area contributed by atoms with Gasteiger partial charge in [-0.05, 0) is 29.8 Å². The molecule has 0 atom stereocenters. The van der Waals surface area contributed by atoms with Crippen LogP contribution in [0.25, 0.3) is 10.9 Å². The summed E-state index contributed by atoms with van der Waals surface area (Å²) in [6.07, 6.45) is 0. The minimum Gasteiger partial charge on any atom is -0.488 e. The Bertz CT molecular complexity index is 776. The summed E-state index contributed by atoms with van der Waals surface area (Å²) in [6, 6.07) is 17.9. The molecule has 1 aromatic heterocycles. The standard InChI is InChI=1S/C17H13BrClNO/c18-13-5-3-4-12(8-13)11-21-17-9-14(10-19)20-16-7-2-1-6-15(16)17/h1-9H,10-11H2. The van der Waals surface area contributed by atoms with Gasteiger partial charge in [-0.2, -0.15) is 0 Å². The van der Waals surface area contributed by atoms with Gasteiger partial charge in [-0.15, -0.1) is 11.6 Å². The largest absolute Gasteiger partial charge is 0.488 e. The van der Waals surface area contributed by atoms with E-state index >= 15 is 0 Å². The van der Waals surface area contributed by atoms with Gasteiger partial charge in [-0.25, -0.2) is 0 Å². The number of pyridine rings is 1. The van der Waals surface area contributed by atoms with Crippen molar-refractivity contribution in [1.29, 1.82) is 0 Å². The Kier molecular flexibility index (Phi) is 4.42. The summed E-state index contributed by atoms with van der Waals surface area (Å²) in [5.74, 6) is 1.19. The first-order valence-electron chi connectivity index (χ1n) is 6.58. The molecule has 21 heavy (non-hydrogen) atoms. The molecule has 0 aliphatic heterocycles. The minimum atomic E-state index is 0.373. The third-order valence-electron chi connectivity index (χ3n) is 3.15. The van der Waals surface area contributed by atoms with Gasteiger partial charge in [-0.3, -0.25) is 4.98 Å². The van der Waals surface area contributed by atoms with Crippen molar-refractivity contribution in [3.63, 3.8) is 0 Å². The van der Waals surface area contributed by atoms with Gasteiger partial charge in [0.05, 0.1) is 17.1 Å². The highest BCUT2D eigenvalue weighted by atomic mass is 79.9. The van der Waals surface area contributed by atoms with Gasteiger partial charge in [-0.1, -0.05) is 40.2 Å². The molecule has 3 aromatic rings. The molecule has 0 unspecified atom stereocenters. The Labute approximate surface area is 136 Å². The third-order valence-corrected chi connectivity index (χ3v) is 3.92. The lowest BCUT2D eigenvalue weighted by Crippen LogP contribution is -1.98. The molecule has 4 heteroatoms. The Morgan fingerprint density at radius 3 is 2.71 bits per heavy atom. The minimum absolute atomic E-state index is 0.373. The monoisotopic (exact) mass is 361 g/mol. The molecule has 2 aromatic carbocycles. The van der Waals surface area contributed by atoms with Crippen LogP contribution in [0, 0.1) is 0 Å². The summed E-state index contributed by atoms with van der Waals surface area (Å²) in [7, 11) is 0. The third kappa shape index (κ3) is 3.36. The van der Waals surface area contributed by atoms with Crippen LogP contribution in [0.15, 0.2) is 59.1 Å². The van der Waals surface area contributed by atoms with Crippen LogP contribution in [0.3, 0.4) is 0 Å². The van der Waals surface area contributed by atoms with E-state index in [1.807, 2.05) is 54.6 Å². The molecule has 0 bridgehead atoms. The Morgan fingerprint density at radius 2 is 1.90 bits per heavy atom. The number of fused-ring (bicyclic) bond motifs is 1.